The van der Waals surface area contributed by atoms with Crippen LogP contribution in [0.5, 0.6) is 0 Å². The summed E-state index contributed by atoms with van der Waals surface area (Å²) in [6.45, 7) is 0. The summed E-state index contributed by atoms with van der Waals surface area (Å²) in [5.41, 5.74) is 11.7. The predicted octanol–water partition coefficient (Wildman–Crippen LogP) is 12.7. The van der Waals surface area contributed by atoms with Crippen LogP contribution in [0, 0.1) is 0 Å². The fourth-order valence-electron chi connectivity index (χ4n) is 7.07. The zero-order chi connectivity index (χ0) is 31.9. The molecule has 0 spiro atoms. The summed E-state index contributed by atoms with van der Waals surface area (Å²) >= 11 is 0. The quantitative estimate of drug-likeness (QED) is 0.181. The maximum absolute atomic E-state index is 2.41. The highest BCUT2D eigenvalue weighted by Gasteiger charge is 2.19. The Morgan fingerprint density at radius 2 is 0.854 bits per heavy atom. The number of nitrogens with zero attached hydrogens (tertiary/aromatic N) is 2. The van der Waals surface area contributed by atoms with E-state index in [0.29, 0.717) is 0 Å². The van der Waals surface area contributed by atoms with E-state index in [1.165, 1.54) is 54.8 Å². The summed E-state index contributed by atoms with van der Waals surface area (Å²) in [5, 5.41) is 4.91. The lowest BCUT2D eigenvalue weighted by molar-refractivity contribution is 1.18. The summed E-state index contributed by atoms with van der Waals surface area (Å²) < 4.78 is 2.41. The van der Waals surface area contributed by atoms with Gasteiger partial charge in [-0.3, -0.25) is 0 Å². The largest absolute Gasteiger partial charge is 0.310 e. The Bertz CT molecular complexity index is 2520. The molecule has 226 valence electrons. The molecule has 0 bridgehead atoms. The second-order valence-electron chi connectivity index (χ2n) is 12.2. The first-order chi connectivity index (χ1) is 23.8. The second-order valence-corrected chi connectivity index (χ2v) is 12.2. The molecule has 0 amide bonds. The van der Waals surface area contributed by atoms with E-state index < -0.39 is 0 Å². The van der Waals surface area contributed by atoms with Crippen molar-refractivity contribution >= 4 is 49.6 Å². The van der Waals surface area contributed by atoms with Gasteiger partial charge in [0.1, 0.15) is 0 Å². The molecule has 8 aromatic carbocycles. The topological polar surface area (TPSA) is 8.17 Å². The molecule has 9 rings (SSSR count). The Morgan fingerprint density at radius 3 is 1.56 bits per heavy atom. The van der Waals surface area contributed by atoms with Crippen molar-refractivity contribution in [3.8, 4) is 27.9 Å². The Kier molecular flexibility index (Phi) is 6.84. The summed E-state index contributed by atoms with van der Waals surface area (Å²) in [6.07, 6.45) is 0. The molecule has 0 fully saturated rings. The van der Waals surface area contributed by atoms with Crippen LogP contribution >= 0.6 is 0 Å². The molecule has 0 aliphatic heterocycles. The minimum Gasteiger partial charge on any atom is -0.310 e. The third-order valence-corrected chi connectivity index (χ3v) is 9.39. The van der Waals surface area contributed by atoms with Gasteiger partial charge >= 0.3 is 0 Å². The van der Waals surface area contributed by atoms with E-state index >= 15 is 0 Å². The number of para-hydroxylation sites is 1. The molecule has 0 radical (unpaired) electrons. The minimum atomic E-state index is 1.11. The molecule has 48 heavy (non-hydrogen) atoms. The molecule has 0 aliphatic rings. The first-order valence-corrected chi connectivity index (χ1v) is 16.4. The lowest BCUT2D eigenvalue weighted by Gasteiger charge is -2.27. The van der Waals surface area contributed by atoms with Crippen molar-refractivity contribution in [2.75, 3.05) is 4.90 Å². The Balaban J connectivity index is 1.24. The molecule has 2 nitrogen and oxygen atoms in total. The van der Waals surface area contributed by atoms with Crippen LogP contribution in [-0.4, -0.2) is 4.57 Å². The standard InChI is InChI=1S/C46H32N2/c1-3-12-33(13-4-1)35-22-26-38(27-23-35)47(44-21-11-17-37-16-7-8-18-41(37)44)40-30-31-43-42-19-9-10-20-45(42)48(46(43)32-40)39-28-24-36(25-29-39)34-14-5-2-6-15-34/h1-32H. The fraction of sp³-hybridized carbons (Fsp3) is 0. The van der Waals surface area contributed by atoms with Crippen molar-refractivity contribution in [3.05, 3.63) is 194 Å². The van der Waals surface area contributed by atoms with Gasteiger partial charge in [-0.05, 0) is 76.2 Å². The van der Waals surface area contributed by atoms with Gasteiger partial charge in [0, 0.05) is 33.2 Å². The maximum Gasteiger partial charge on any atom is 0.0561 e. The summed E-state index contributed by atoms with van der Waals surface area (Å²) in [4.78, 5) is 2.40. The molecule has 0 saturated heterocycles. The van der Waals surface area contributed by atoms with Crippen molar-refractivity contribution in [1.82, 2.24) is 4.57 Å². The Labute approximate surface area is 280 Å². The van der Waals surface area contributed by atoms with Crippen LogP contribution in [-0.2, 0) is 0 Å². The van der Waals surface area contributed by atoms with Crippen molar-refractivity contribution in [2.24, 2.45) is 0 Å². The monoisotopic (exact) mass is 612 g/mol. The van der Waals surface area contributed by atoms with Crippen molar-refractivity contribution in [2.45, 2.75) is 0 Å². The number of fused-ring (bicyclic) bond motifs is 4. The van der Waals surface area contributed by atoms with Crippen LogP contribution < -0.4 is 4.90 Å². The summed E-state index contributed by atoms with van der Waals surface area (Å²) in [7, 11) is 0. The average Bonchev–Trinajstić information content (AvgIpc) is 3.50. The molecular weight excluding hydrogens is 581 g/mol. The zero-order valence-electron chi connectivity index (χ0n) is 26.4. The fourth-order valence-corrected chi connectivity index (χ4v) is 7.07. The zero-order valence-corrected chi connectivity index (χ0v) is 26.4. The Morgan fingerprint density at radius 1 is 0.333 bits per heavy atom. The van der Waals surface area contributed by atoms with Crippen molar-refractivity contribution in [1.29, 1.82) is 0 Å². The number of anilines is 3. The minimum absolute atomic E-state index is 1.11. The molecular formula is C46H32N2. The van der Waals surface area contributed by atoms with Gasteiger partial charge in [-0.25, -0.2) is 0 Å². The van der Waals surface area contributed by atoms with Gasteiger partial charge in [0.2, 0.25) is 0 Å². The highest BCUT2D eigenvalue weighted by Crippen LogP contribution is 2.42. The first-order valence-electron chi connectivity index (χ1n) is 16.4. The highest BCUT2D eigenvalue weighted by molar-refractivity contribution is 6.11. The van der Waals surface area contributed by atoms with Gasteiger partial charge < -0.3 is 9.47 Å². The van der Waals surface area contributed by atoms with Crippen LogP contribution in [0.1, 0.15) is 0 Å². The number of hydrogen-bond donors (Lipinski definition) is 0. The SMILES string of the molecule is c1ccc(-c2ccc(N(c3ccc4c5ccccc5n(-c5ccc(-c6ccccc6)cc5)c4c3)c3cccc4ccccc34)cc2)cc1. The van der Waals surface area contributed by atoms with Gasteiger partial charge in [0.15, 0.2) is 0 Å². The van der Waals surface area contributed by atoms with Crippen LogP contribution in [0.15, 0.2) is 194 Å². The smallest absolute Gasteiger partial charge is 0.0561 e. The molecule has 0 atom stereocenters. The normalized spacial score (nSPS) is 11.3. The van der Waals surface area contributed by atoms with Crippen molar-refractivity contribution in [3.63, 3.8) is 0 Å². The molecule has 0 saturated carbocycles. The van der Waals surface area contributed by atoms with Crippen LogP contribution in [0.2, 0.25) is 0 Å². The van der Waals surface area contributed by atoms with E-state index in [0.717, 1.165) is 22.7 Å². The number of benzene rings is 8. The molecule has 9 aromatic rings. The lowest BCUT2D eigenvalue weighted by atomic mass is 10.0. The van der Waals surface area contributed by atoms with Crippen LogP contribution in [0.3, 0.4) is 0 Å². The van der Waals surface area contributed by atoms with E-state index in [1.54, 1.807) is 0 Å². The number of hydrogen-bond acceptors (Lipinski definition) is 1. The van der Waals surface area contributed by atoms with Gasteiger partial charge in [-0.1, -0.05) is 146 Å². The van der Waals surface area contributed by atoms with Gasteiger partial charge in [-0.15, -0.1) is 0 Å². The molecule has 0 N–H and O–H groups in total. The number of rotatable bonds is 6. The van der Waals surface area contributed by atoms with Gasteiger partial charge in [-0.2, -0.15) is 0 Å². The third-order valence-electron chi connectivity index (χ3n) is 9.39. The van der Waals surface area contributed by atoms with E-state index in [9.17, 15) is 0 Å². The molecule has 1 aromatic heterocycles. The molecule has 0 aliphatic carbocycles. The van der Waals surface area contributed by atoms with E-state index in [-0.39, 0.29) is 0 Å². The summed E-state index contributed by atoms with van der Waals surface area (Å²) in [5.74, 6) is 0. The third kappa shape index (κ3) is 4.83. The first kappa shape index (κ1) is 27.9. The summed E-state index contributed by atoms with van der Waals surface area (Å²) in [6, 6.07) is 69.9. The van der Waals surface area contributed by atoms with E-state index in [2.05, 4.69) is 204 Å². The van der Waals surface area contributed by atoms with Crippen LogP contribution in [0.25, 0.3) is 60.5 Å². The van der Waals surface area contributed by atoms with Crippen LogP contribution in [0.4, 0.5) is 17.1 Å². The highest BCUT2D eigenvalue weighted by atomic mass is 15.1. The lowest BCUT2D eigenvalue weighted by Crippen LogP contribution is -2.10. The molecule has 2 heteroatoms. The molecule has 0 unspecified atom stereocenters. The number of aromatic nitrogens is 1. The van der Waals surface area contributed by atoms with Crippen molar-refractivity contribution < 1.29 is 0 Å². The average molecular weight is 613 g/mol. The van der Waals surface area contributed by atoms with Gasteiger partial charge in [0.05, 0.1) is 16.7 Å². The van der Waals surface area contributed by atoms with Gasteiger partial charge in [0.25, 0.3) is 0 Å². The maximum atomic E-state index is 2.41. The van der Waals surface area contributed by atoms with E-state index in [1.807, 2.05) is 0 Å². The van der Waals surface area contributed by atoms with E-state index in [4.69, 9.17) is 0 Å². The second kappa shape index (κ2) is 11.8. The Hall–Kier alpha value is -6.38. The molecule has 1 heterocycles. The predicted molar refractivity (Wildman–Crippen MR) is 204 cm³/mol.